The van der Waals surface area contributed by atoms with Crippen molar-refractivity contribution in [3.05, 3.63) is 36.2 Å². The number of nitrogens with two attached hydrogens (primary N) is 2. The Morgan fingerprint density at radius 3 is 2.57 bits per heavy atom. The van der Waals surface area contributed by atoms with Gasteiger partial charge in [-0.1, -0.05) is 23.5 Å². The van der Waals surface area contributed by atoms with Crippen molar-refractivity contribution < 1.29 is 18.3 Å². The van der Waals surface area contributed by atoms with Gasteiger partial charge in [-0.3, -0.25) is 0 Å². The summed E-state index contributed by atoms with van der Waals surface area (Å²) in [5.74, 6) is -1.41. The molecule has 0 aliphatic heterocycles. The Hall–Kier alpha value is -2.14. The molecule has 0 atom stereocenters. The van der Waals surface area contributed by atoms with Crippen LogP contribution in [0.3, 0.4) is 0 Å². The summed E-state index contributed by atoms with van der Waals surface area (Å²) >= 11 is 1.26. The number of nitrogens with zero attached hydrogens (tertiary/aromatic N) is 2. The van der Waals surface area contributed by atoms with E-state index in [-0.39, 0.29) is 18.0 Å². The quantitative estimate of drug-likeness (QED) is 0.634. The predicted octanol–water partition coefficient (Wildman–Crippen LogP) is 1.52. The highest BCUT2D eigenvalue weighted by Gasteiger charge is 2.24. The summed E-state index contributed by atoms with van der Waals surface area (Å²) in [4.78, 5) is 15.7. The van der Waals surface area contributed by atoms with E-state index in [2.05, 4.69) is 4.98 Å². The minimum absolute atomic E-state index is 0. The zero-order chi connectivity index (χ0) is 16.1. The van der Waals surface area contributed by atoms with Gasteiger partial charge in [0.25, 0.3) is 0 Å². The number of aromatic carboxylic acids is 1. The fourth-order valence-corrected chi connectivity index (χ4v) is 3.66. The lowest BCUT2D eigenvalue weighted by Crippen LogP contribution is -2.24. The first-order valence-corrected chi connectivity index (χ1v) is 8.24. The zero-order valence-corrected chi connectivity index (χ0v) is 13.8. The van der Waals surface area contributed by atoms with E-state index in [4.69, 9.17) is 10.9 Å². The minimum Gasteiger partial charge on any atom is -0.477 e. The molecule has 0 aliphatic rings. The third kappa shape index (κ3) is 2.88. The molecule has 0 spiro atoms. The normalized spacial score (nSPS) is 11.3. The lowest BCUT2D eigenvalue weighted by Gasteiger charge is -2.06. The molecule has 0 aliphatic carbocycles. The molecule has 8 nitrogen and oxygen atoms in total. The molecule has 0 fully saturated rings. The van der Waals surface area contributed by atoms with Crippen molar-refractivity contribution in [2.75, 3.05) is 5.73 Å². The summed E-state index contributed by atoms with van der Waals surface area (Å²) in [5, 5.41) is 14.7. The van der Waals surface area contributed by atoms with Gasteiger partial charge in [0.05, 0.1) is 10.2 Å². The van der Waals surface area contributed by atoms with E-state index in [0.29, 0.717) is 20.2 Å². The zero-order valence-electron chi connectivity index (χ0n) is 11.3. The standard InChI is InChI=1S/C12H10N4O4S2.ClH/c13-12-15-9-6(2-1-3-8(9)21-12)7-4-5-16(22(14,19)20)10(7)11(17)18;/h1-5H,(H2,13,15)(H,17,18)(H2,14,19,20);1H. The molecule has 0 saturated heterocycles. The van der Waals surface area contributed by atoms with Gasteiger partial charge < -0.3 is 10.8 Å². The molecule has 122 valence electrons. The number of hydrogen-bond donors (Lipinski definition) is 3. The summed E-state index contributed by atoms with van der Waals surface area (Å²) in [5.41, 5.74) is 6.43. The molecule has 2 heterocycles. The number of aromatic nitrogens is 2. The molecule has 3 rings (SSSR count). The smallest absolute Gasteiger partial charge is 0.354 e. The lowest BCUT2D eigenvalue weighted by atomic mass is 10.1. The molecule has 0 amide bonds. The van der Waals surface area contributed by atoms with E-state index in [9.17, 15) is 18.3 Å². The van der Waals surface area contributed by atoms with Gasteiger partial charge in [-0.2, -0.15) is 8.42 Å². The van der Waals surface area contributed by atoms with Crippen LogP contribution in [0.2, 0.25) is 0 Å². The maximum absolute atomic E-state index is 11.5. The molecular formula is C12H11ClN4O4S2. The van der Waals surface area contributed by atoms with Crippen molar-refractivity contribution in [1.82, 2.24) is 8.96 Å². The number of carbonyl (C=O) groups is 1. The first kappa shape index (κ1) is 17.2. The van der Waals surface area contributed by atoms with Crippen LogP contribution in [0.25, 0.3) is 21.3 Å². The predicted molar refractivity (Wildman–Crippen MR) is 90.2 cm³/mol. The highest BCUT2D eigenvalue weighted by atomic mass is 35.5. The Morgan fingerprint density at radius 1 is 1.26 bits per heavy atom. The molecule has 0 unspecified atom stereocenters. The van der Waals surface area contributed by atoms with Crippen LogP contribution in [0.4, 0.5) is 5.13 Å². The van der Waals surface area contributed by atoms with Crippen molar-refractivity contribution in [1.29, 1.82) is 0 Å². The number of fused-ring (bicyclic) bond motifs is 1. The molecule has 0 bridgehead atoms. The van der Waals surface area contributed by atoms with Crippen LogP contribution < -0.4 is 10.9 Å². The van der Waals surface area contributed by atoms with Gasteiger partial charge in [0.2, 0.25) is 0 Å². The number of para-hydroxylation sites is 1. The third-order valence-electron chi connectivity index (χ3n) is 3.05. The summed E-state index contributed by atoms with van der Waals surface area (Å²) < 4.78 is 24.3. The van der Waals surface area contributed by atoms with Crippen molar-refractivity contribution in [3.8, 4) is 11.1 Å². The molecule has 11 heteroatoms. The lowest BCUT2D eigenvalue weighted by molar-refractivity contribution is 0.0690. The summed E-state index contributed by atoms with van der Waals surface area (Å²) in [7, 11) is -4.22. The number of thiazole rings is 1. The number of hydrogen-bond acceptors (Lipinski definition) is 6. The maximum Gasteiger partial charge on any atom is 0.354 e. The fourth-order valence-electron chi connectivity index (χ4n) is 2.24. The van der Waals surface area contributed by atoms with E-state index >= 15 is 0 Å². The molecule has 1 aromatic carbocycles. The van der Waals surface area contributed by atoms with Crippen LogP contribution >= 0.6 is 23.7 Å². The highest BCUT2D eigenvalue weighted by molar-refractivity contribution is 7.87. The van der Waals surface area contributed by atoms with Crippen molar-refractivity contribution in [3.63, 3.8) is 0 Å². The second kappa shape index (κ2) is 5.81. The molecular weight excluding hydrogens is 364 g/mol. The second-order valence-corrected chi connectivity index (χ2v) is 6.91. The molecule has 0 radical (unpaired) electrons. The average molecular weight is 375 g/mol. The van der Waals surface area contributed by atoms with Crippen LogP contribution in [-0.2, 0) is 10.2 Å². The van der Waals surface area contributed by atoms with Crippen LogP contribution in [-0.4, -0.2) is 28.5 Å². The van der Waals surface area contributed by atoms with Crippen LogP contribution in [0, 0.1) is 0 Å². The first-order chi connectivity index (χ1) is 10.3. The summed E-state index contributed by atoms with van der Waals surface area (Å²) in [6, 6.07) is 6.54. The monoisotopic (exact) mass is 374 g/mol. The second-order valence-electron chi connectivity index (χ2n) is 4.43. The molecule has 3 aromatic rings. The van der Waals surface area contributed by atoms with E-state index in [1.807, 2.05) is 0 Å². The highest BCUT2D eigenvalue weighted by Crippen LogP contribution is 2.34. The number of rotatable bonds is 3. The van der Waals surface area contributed by atoms with Crippen LogP contribution in [0.15, 0.2) is 30.5 Å². The Bertz CT molecular complexity index is 1010. The molecule has 2 aromatic heterocycles. The number of halogens is 1. The number of nitrogen functional groups attached to an aromatic ring is 1. The largest absolute Gasteiger partial charge is 0.477 e. The number of carboxylic acid groups (broad SMARTS) is 1. The SMILES string of the molecule is Cl.Nc1nc2c(-c3ccn(S(N)(=O)=O)c3C(=O)O)cccc2s1. The average Bonchev–Trinajstić information content (AvgIpc) is 2.98. The van der Waals surface area contributed by atoms with Crippen molar-refractivity contribution in [2.24, 2.45) is 5.14 Å². The third-order valence-corrected chi connectivity index (χ3v) is 4.76. The van der Waals surface area contributed by atoms with E-state index < -0.39 is 21.9 Å². The van der Waals surface area contributed by atoms with Crippen LogP contribution in [0.5, 0.6) is 0 Å². The van der Waals surface area contributed by atoms with E-state index in [1.54, 1.807) is 18.2 Å². The van der Waals surface area contributed by atoms with Crippen molar-refractivity contribution >= 4 is 55.3 Å². The van der Waals surface area contributed by atoms with Gasteiger partial charge in [-0.15, -0.1) is 12.4 Å². The first-order valence-electron chi connectivity index (χ1n) is 5.92. The molecule has 0 saturated carbocycles. The van der Waals surface area contributed by atoms with E-state index in [1.165, 1.54) is 17.4 Å². The maximum atomic E-state index is 11.5. The Kier molecular flexibility index (Phi) is 4.35. The fraction of sp³-hybridized carbons (Fsp3) is 0. The Balaban J connectivity index is 0.00000192. The van der Waals surface area contributed by atoms with Gasteiger partial charge in [-0.05, 0) is 12.1 Å². The van der Waals surface area contributed by atoms with Gasteiger partial charge in [-0.25, -0.2) is 18.9 Å². The van der Waals surface area contributed by atoms with Gasteiger partial charge in [0, 0.05) is 17.3 Å². The topological polar surface area (TPSA) is 141 Å². The molecule has 5 N–H and O–H groups in total. The van der Waals surface area contributed by atoms with Gasteiger partial charge >= 0.3 is 16.2 Å². The number of anilines is 1. The van der Waals surface area contributed by atoms with Gasteiger partial charge in [0.1, 0.15) is 0 Å². The van der Waals surface area contributed by atoms with Gasteiger partial charge in [0.15, 0.2) is 10.8 Å². The Labute approximate surface area is 140 Å². The van der Waals surface area contributed by atoms with Crippen LogP contribution in [0.1, 0.15) is 10.5 Å². The number of benzene rings is 1. The molecule has 23 heavy (non-hydrogen) atoms. The minimum atomic E-state index is -4.22. The summed E-state index contributed by atoms with van der Waals surface area (Å²) in [6.45, 7) is 0. The number of carboxylic acids is 1. The van der Waals surface area contributed by atoms with Crippen molar-refractivity contribution in [2.45, 2.75) is 0 Å². The summed E-state index contributed by atoms with van der Waals surface area (Å²) in [6.07, 6.45) is 1.10. The van der Waals surface area contributed by atoms with E-state index in [0.717, 1.165) is 10.9 Å². The Morgan fingerprint density at radius 2 is 1.96 bits per heavy atom.